The van der Waals surface area contributed by atoms with E-state index in [4.69, 9.17) is 11.6 Å². The normalized spacial score (nSPS) is 34.9. The molecule has 0 heterocycles. The van der Waals surface area contributed by atoms with Crippen LogP contribution in [0.4, 0.5) is 0 Å². The fraction of sp³-hybridized carbons (Fsp3) is 0.750. The van der Waals surface area contributed by atoms with Gasteiger partial charge in [0.2, 0.25) is 0 Å². The summed E-state index contributed by atoms with van der Waals surface area (Å²) < 4.78 is 0. The van der Waals surface area contributed by atoms with E-state index in [9.17, 15) is 0 Å². The molecule has 1 rings (SSSR count). The molecule has 0 aromatic carbocycles. The smallest absolute Gasteiger partial charge is 0.0280 e. The number of halogens is 1. The van der Waals surface area contributed by atoms with Crippen molar-refractivity contribution in [2.75, 3.05) is 5.88 Å². The SMILES string of the molecule is CC1(CCl)CC=CCC1. The zero-order valence-corrected chi connectivity index (χ0v) is 6.62. The van der Waals surface area contributed by atoms with Gasteiger partial charge in [-0.1, -0.05) is 19.1 Å². The lowest BCUT2D eigenvalue weighted by Crippen LogP contribution is -2.19. The molecule has 1 aliphatic rings. The molecular weight excluding hydrogens is 132 g/mol. The van der Waals surface area contributed by atoms with E-state index in [1.807, 2.05) is 0 Å². The fourth-order valence-corrected chi connectivity index (χ4v) is 1.38. The van der Waals surface area contributed by atoms with Crippen molar-refractivity contribution in [2.45, 2.75) is 26.2 Å². The lowest BCUT2D eigenvalue weighted by atomic mass is 9.81. The molecule has 0 radical (unpaired) electrons. The van der Waals surface area contributed by atoms with E-state index in [1.165, 1.54) is 12.8 Å². The number of hydrogen-bond acceptors (Lipinski definition) is 0. The first-order chi connectivity index (χ1) is 4.27. The summed E-state index contributed by atoms with van der Waals surface area (Å²) in [7, 11) is 0. The largest absolute Gasteiger partial charge is 0.126 e. The number of alkyl halides is 1. The number of hydrogen-bond donors (Lipinski definition) is 0. The first-order valence-electron chi connectivity index (χ1n) is 3.48. The summed E-state index contributed by atoms with van der Waals surface area (Å²) in [5.41, 5.74) is 0.399. The van der Waals surface area contributed by atoms with E-state index in [-0.39, 0.29) is 0 Å². The highest BCUT2D eigenvalue weighted by Crippen LogP contribution is 2.32. The Hall–Kier alpha value is 0.0300. The van der Waals surface area contributed by atoms with E-state index in [0.29, 0.717) is 5.41 Å². The van der Waals surface area contributed by atoms with Crippen molar-refractivity contribution in [3.8, 4) is 0 Å². The predicted molar refractivity (Wildman–Crippen MR) is 41.8 cm³/mol. The summed E-state index contributed by atoms with van der Waals surface area (Å²) in [6, 6.07) is 0. The Labute approximate surface area is 61.9 Å². The standard InChI is InChI=1S/C8H13Cl/c1-8(7-9)5-3-2-4-6-8/h2-3H,4-7H2,1H3. The van der Waals surface area contributed by atoms with Gasteiger partial charge in [-0.3, -0.25) is 0 Å². The maximum Gasteiger partial charge on any atom is 0.0280 e. The Balaban J connectivity index is 2.50. The minimum Gasteiger partial charge on any atom is -0.126 e. The molecule has 0 nitrogen and oxygen atoms in total. The predicted octanol–water partition coefficient (Wildman–Crippen LogP) is 2.97. The van der Waals surface area contributed by atoms with Crippen LogP contribution in [-0.2, 0) is 0 Å². The zero-order valence-electron chi connectivity index (χ0n) is 5.86. The second kappa shape index (κ2) is 2.74. The molecule has 0 spiro atoms. The van der Waals surface area contributed by atoms with Crippen LogP contribution >= 0.6 is 11.6 Å². The molecule has 0 bridgehead atoms. The molecule has 1 aliphatic carbocycles. The van der Waals surface area contributed by atoms with E-state index in [1.54, 1.807) is 0 Å². The summed E-state index contributed by atoms with van der Waals surface area (Å²) >= 11 is 5.79. The molecule has 1 atom stereocenters. The van der Waals surface area contributed by atoms with Crippen LogP contribution in [0.15, 0.2) is 12.2 Å². The monoisotopic (exact) mass is 144 g/mol. The molecule has 0 saturated heterocycles. The highest BCUT2D eigenvalue weighted by Gasteiger charge is 2.22. The number of rotatable bonds is 1. The third-order valence-electron chi connectivity index (χ3n) is 2.01. The Morgan fingerprint density at radius 2 is 2.33 bits per heavy atom. The van der Waals surface area contributed by atoms with E-state index >= 15 is 0 Å². The van der Waals surface area contributed by atoms with Crippen LogP contribution in [0.1, 0.15) is 26.2 Å². The molecule has 0 saturated carbocycles. The average Bonchev–Trinajstić information content (AvgIpc) is 1.90. The van der Waals surface area contributed by atoms with Crippen LogP contribution in [0.3, 0.4) is 0 Å². The van der Waals surface area contributed by atoms with Gasteiger partial charge in [0.15, 0.2) is 0 Å². The summed E-state index contributed by atoms with van der Waals surface area (Å²) in [4.78, 5) is 0. The van der Waals surface area contributed by atoms with Gasteiger partial charge in [-0.2, -0.15) is 0 Å². The van der Waals surface area contributed by atoms with Crippen LogP contribution in [0.5, 0.6) is 0 Å². The third-order valence-corrected chi connectivity index (χ3v) is 2.66. The Bertz CT molecular complexity index is 118. The first kappa shape index (κ1) is 7.14. The van der Waals surface area contributed by atoms with Crippen LogP contribution in [-0.4, -0.2) is 5.88 Å². The minimum absolute atomic E-state index is 0.399. The van der Waals surface area contributed by atoms with E-state index in [2.05, 4.69) is 19.1 Å². The molecule has 1 unspecified atom stereocenters. The number of allylic oxidation sites excluding steroid dienone is 2. The van der Waals surface area contributed by atoms with Gasteiger partial charge in [-0.15, -0.1) is 11.6 Å². The molecule has 0 amide bonds. The minimum atomic E-state index is 0.399. The molecule has 0 aromatic heterocycles. The summed E-state index contributed by atoms with van der Waals surface area (Å²) in [6.45, 7) is 2.25. The zero-order chi connectivity index (χ0) is 6.74. The molecule has 0 fully saturated rings. The van der Waals surface area contributed by atoms with Crippen LogP contribution in [0, 0.1) is 5.41 Å². The molecule has 0 N–H and O–H groups in total. The molecule has 0 aliphatic heterocycles. The van der Waals surface area contributed by atoms with Crippen molar-refractivity contribution in [1.29, 1.82) is 0 Å². The van der Waals surface area contributed by atoms with Crippen molar-refractivity contribution in [3.05, 3.63) is 12.2 Å². The lowest BCUT2D eigenvalue weighted by molar-refractivity contribution is 0.337. The fourth-order valence-electron chi connectivity index (χ4n) is 1.14. The van der Waals surface area contributed by atoms with Crippen LogP contribution in [0.25, 0.3) is 0 Å². The third kappa shape index (κ3) is 1.72. The van der Waals surface area contributed by atoms with E-state index in [0.717, 1.165) is 12.3 Å². The van der Waals surface area contributed by atoms with Gasteiger partial charge in [0.1, 0.15) is 0 Å². The molecule has 1 heteroatoms. The summed E-state index contributed by atoms with van der Waals surface area (Å²) in [6.07, 6.45) is 8.12. The van der Waals surface area contributed by atoms with Crippen molar-refractivity contribution in [3.63, 3.8) is 0 Å². The molecule has 52 valence electrons. The van der Waals surface area contributed by atoms with Gasteiger partial charge in [-0.05, 0) is 24.7 Å². The van der Waals surface area contributed by atoms with Gasteiger partial charge in [0, 0.05) is 5.88 Å². The van der Waals surface area contributed by atoms with Crippen molar-refractivity contribution >= 4 is 11.6 Å². The van der Waals surface area contributed by atoms with Gasteiger partial charge in [0.25, 0.3) is 0 Å². The van der Waals surface area contributed by atoms with Crippen molar-refractivity contribution in [1.82, 2.24) is 0 Å². The first-order valence-corrected chi connectivity index (χ1v) is 4.01. The summed E-state index contributed by atoms with van der Waals surface area (Å²) in [5, 5.41) is 0. The molecular formula is C8H13Cl. The maximum absolute atomic E-state index is 5.79. The Morgan fingerprint density at radius 1 is 1.56 bits per heavy atom. The highest BCUT2D eigenvalue weighted by atomic mass is 35.5. The van der Waals surface area contributed by atoms with Gasteiger partial charge in [-0.25, -0.2) is 0 Å². The Morgan fingerprint density at radius 3 is 2.67 bits per heavy atom. The second-order valence-electron chi connectivity index (χ2n) is 3.16. The quantitative estimate of drug-likeness (QED) is 0.392. The highest BCUT2D eigenvalue weighted by molar-refractivity contribution is 6.18. The van der Waals surface area contributed by atoms with Gasteiger partial charge < -0.3 is 0 Å². The molecule has 9 heavy (non-hydrogen) atoms. The molecule has 0 aromatic rings. The van der Waals surface area contributed by atoms with Crippen LogP contribution in [0.2, 0.25) is 0 Å². The van der Waals surface area contributed by atoms with Gasteiger partial charge in [0.05, 0.1) is 0 Å². The second-order valence-corrected chi connectivity index (χ2v) is 3.43. The van der Waals surface area contributed by atoms with Crippen molar-refractivity contribution in [2.24, 2.45) is 5.41 Å². The summed E-state index contributed by atoms with van der Waals surface area (Å²) in [5.74, 6) is 0.803. The Kier molecular flexibility index (Phi) is 2.18. The van der Waals surface area contributed by atoms with E-state index < -0.39 is 0 Å². The average molecular weight is 145 g/mol. The van der Waals surface area contributed by atoms with Gasteiger partial charge >= 0.3 is 0 Å². The van der Waals surface area contributed by atoms with Crippen molar-refractivity contribution < 1.29 is 0 Å². The maximum atomic E-state index is 5.79. The topological polar surface area (TPSA) is 0 Å². The van der Waals surface area contributed by atoms with Crippen LogP contribution < -0.4 is 0 Å². The lowest BCUT2D eigenvalue weighted by Gasteiger charge is -2.27.